The molecule has 0 aliphatic carbocycles. The van der Waals surface area contributed by atoms with Gasteiger partial charge in [0.2, 0.25) is 5.91 Å². The molecule has 8 nitrogen and oxygen atoms in total. The first-order chi connectivity index (χ1) is 16.7. The zero-order chi connectivity index (χ0) is 25.1. The maximum Gasteiger partial charge on any atom is 0.255 e. The van der Waals surface area contributed by atoms with Gasteiger partial charge in [0, 0.05) is 36.6 Å². The molecule has 3 amide bonds. The molecule has 1 aliphatic rings. The molecule has 1 fully saturated rings. The van der Waals surface area contributed by atoms with Crippen molar-refractivity contribution in [2.75, 3.05) is 13.1 Å². The smallest absolute Gasteiger partial charge is 0.255 e. The van der Waals surface area contributed by atoms with Crippen molar-refractivity contribution in [2.45, 2.75) is 45.2 Å². The highest BCUT2D eigenvalue weighted by molar-refractivity contribution is 6.34. The fourth-order valence-corrected chi connectivity index (χ4v) is 4.78. The van der Waals surface area contributed by atoms with E-state index in [0.29, 0.717) is 41.5 Å². The summed E-state index contributed by atoms with van der Waals surface area (Å²) in [6, 6.07) is 9.73. The van der Waals surface area contributed by atoms with Crippen LogP contribution in [-0.2, 0) is 4.79 Å². The summed E-state index contributed by atoms with van der Waals surface area (Å²) in [4.78, 5) is 46.6. The van der Waals surface area contributed by atoms with Crippen LogP contribution in [0.15, 0.2) is 36.4 Å². The van der Waals surface area contributed by atoms with Gasteiger partial charge in [0.1, 0.15) is 5.82 Å². The van der Waals surface area contributed by atoms with E-state index >= 15 is 0 Å². The number of halogens is 2. The van der Waals surface area contributed by atoms with Crippen molar-refractivity contribution >= 4 is 52.0 Å². The molecular formula is C25H27Cl2N5O3. The van der Waals surface area contributed by atoms with Gasteiger partial charge in [-0.25, -0.2) is 4.98 Å². The molecule has 0 unspecified atom stereocenters. The average Bonchev–Trinajstić information content (AvgIpc) is 3.45. The summed E-state index contributed by atoms with van der Waals surface area (Å²) >= 11 is 12.5. The standard InChI is InChI=1S/C25H27Cl2N5O3/c1-14(23-30-21-8-6-17(26)13-22(21)31-23)29-24(34)16-5-7-19(20(27)12-16)25(35)32-11-3-4-18(32)9-10-28-15(2)33/h5-8,12-14,18H,3-4,9-11H2,1-2H3,(H,28,33)(H,29,34)(H,30,31)/t14-,18-/m0/s1. The summed E-state index contributed by atoms with van der Waals surface area (Å²) in [5, 5.41) is 6.50. The van der Waals surface area contributed by atoms with Gasteiger partial charge in [0.05, 0.1) is 27.7 Å². The SMILES string of the molecule is CC(=O)NCC[C@@H]1CCCN1C(=O)c1ccc(C(=O)N[C@@H](C)c2nc3cc(Cl)ccc3[nH]2)cc1Cl. The maximum absolute atomic E-state index is 13.2. The monoisotopic (exact) mass is 515 g/mol. The Hall–Kier alpha value is -3.10. The molecule has 0 radical (unpaired) electrons. The summed E-state index contributed by atoms with van der Waals surface area (Å²) in [6.07, 6.45) is 2.48. The quantitative estimate of drug-likeness (QED) is 0.430. The van der Waals surface area contributed by atoms with Crippen LogP contribution >= 0.6 is 23.2 Å². The first kappa shape index (κ1) is 25.0. The van der Waals surface area contributed by atoms with E-state index in [1.165, 1.54) is 13.0 Å². The molecule has 0 saturated carbocycles. The van der Waals surface area contributed by atoms with Crippen LogP contribution in [0.25, 0.3) is 11.0 Å². The number of aromatic nitrogens is 2. The number of H-pyrrole nitrogens is 1. The number of benzene rings is 2. The third-order valence-electron chi connectivity index (χ3n) is 6.17. The first-order valence-electron chi connectivity index (χ1n) is 11.5. The predicted octanol–water partition coefficient (Wildman–Crippen LogP) is 4.49. The molecule has 2 atom stereocenters. The minimum Gasteiger partial charge on any atom is -0.356 e. The zero-order valence-electron chi connectivity index (χ0n) is 19.5. The van der Waals surface area contributed by atoms with Crippen LogP contribution in [0, 0.1) is 0 Å². The number of amides is 3. The van der Waals surface area contributed by atoms with E-state index in [1.54, 1.807) is 29.2 Å². The summed E-state index contributed by atoms with van der Waals surface area (Å²) in [7, 11) is 0. The van der Waals surface area contributed by atoms with E-state index in [9.17, 15) is 14.4 Å². The third kappa shape index (κ3) is 5.77. The number of rotatable bonds is 7. The number of fused-ring (bicyclic) bond motifs is 1. The van der Waals surface area contributed by atoms with Crippen LogP contribution in [0.3, 0.4) is 0 Å². The molecule has 1 saturated heterocycles. The van der Waals surface area contributed by atoms with Crippen molar-refractivity contribution in [1.82, 2.24) is 25.5 Å². The predicted molar refractivity (Wildman–Crippen MR) is 136 cm³/mol. The van der Waals surface area contributed by atoms with Crippen molar-refractivity contribution in [2.24, 2.45) is 0 Å². The Morgan fingerprint density at radius 2 is 2.00 bits per heavy atom. The van der Waals surface area contributed by atoms with Crippen LogP contribution in [0.1, 0.15) is 65.7 Å². The molecule has 0 spiro atoms. The normalized spacial score (nSPS) is 16.3. The highest BCUT2D eigenvalue weighted by Gasteiger charge is 2.30. The van der Waals surface area contributed by atoms with Crippen molar-refractivity contribution < 1.29 is 14.4 Å². The molecule has 0 bridgehead atoms. The molecule has 1 aromatic heterocycles. The number of imidazole rings is 1. The van der Waals surface area contributed by atoms with E-state index < -0.39 is 0 Å². The Labute approximate surface area is 213 Å². The Balaban J connectivity index is 1.42. The number of nitrogens with zero attached hydrogens (tertiary/aromatic N) is 2. The van der Waals surface area contributed by atoms with E-state index in [1.807, 2.05) is 13.0 Å². The first-order valence-corrected chi connectivity index (χ1v) is 12.3. The molecule has 35 heavy (non-hydrogen) atoms. The van der Waals surface area contributed by atoms with Gasteiger partial charge in [-0.05, 0) is 62.6 Å². The maximum atomic E-state index is 13.2. The second kappa shape index (κ2) is 10.7. The van der Waals surface area contributed by atoms with E-state index in [2.05, 4.69) is 20.6 Å². The van der Waals surface area contributed by atoms with Gasteiger partial charge >= 0.3 is 0 Å². The van der Waals surface area contributed by atoms with Crippen molar-refractivity contribution in [3.8, 4) is 0 Å². The second-order valence-electron chi connectivity index (χ2n) is 8.74. The minimum absolute atomic E-state index is 0.0490. The lowest BCUT2D eigenvalue weighted by molar-refractivity contribution is -0.118. The Morgan fingerprint density at radius 3 is 2.74 bits per heavy atom. The lowest BCUT2D eigenvalue weighted by Crippen LogP contribution is -2.38. The van der Waals surface area contributed by atoms with E-state index in [4.69, 9.17) is 23.2 Å². The van der Waals surface area contributed by atoms with Crippen LogP contribution in [0.2, 0.25) is 10.0 Å². The molecule has 3 aromatic rings. The number of likely N-dealkylation sites (tertiary alicyclic amines) is 1. The fraction of sp³-hybridized carbons (Fsp3) is 0.360. The van der Waals surface area contributed by atoms with Crippen molar-refractivity contribution in [3.63, 3.8) is 0 Å². The molecule has 2 aromatic carbocycles. The van der Waals surface area contributed by atoms with Gasteiger partial charge in [-0.2, -0.15) is 0 Å². The topological polar surface area (TPSA) is 107 Å². The molecule has 184 valence electrons. The Kier molecular flexibility index (Phi) is 7.62. The summed E-state index contributed by atoms with van der Waals surface area (Å²) in [5.74, 6) is 0.0255. The van der Waals surface area contributed by atoms with Gasteiger partial charge in [0.25, 0.3) is 11.8 Å². The van der Waals surface area contributed by atoms with Crippen molar-refractivity contribution in [1.29, 1.82) is 0 Å². The number of hydrogen-bond acceptors (Lipinski definition) is 4. The van der Waals surface area contributed by atoms with Gasteiger partial charge in [-0.15, -0.1) is 0 Å². The molecule has 4 rings (SSSR count). The summed E-state index contributed by atoms with van der Waals surface area (Å²) in [6.45, 7) is 4.46. The largest absolute Gasteiger partial charge is 0.356 e. The third-order valence-corrected chi connectivity index (χ3v) is 6.72. The van der Waals surface area contributed by atoms with Crippen LogP contribution in [0.4, 0.5) is 0 Å². The molecule has 10 heteroatoms. The van der Waals surface area contributed by atoms with Crippen LogP contribution in [0.5, 0.6) is 0 Å². The fourth-order valence-electron chi connectivity index (χ4n) is 4.35. The minimum atomic E-state index is -0.386. The molecule has 3 N–H and O–H groups in total. The Morgan fingerprint density at radius 1 is 1.20 bits per heavy atom. The lowest BCUT2D eigenvalue weighted by Gasteiger charge is -2.25. The average molecular weight is 516 g/mol. The number of aromatic amines is 1. The summed E-state index contributed by atoms with van der Waals surface area (Å²) in [5.41, 5.74) is 2.25. The summed E-state index contributed by atoms with van der Waals surface area (Å²) < 4.78 is 0. The number of carbonyl (C=O) groups excluding carboxylic acids is 3. The zero-order valence-corrected chi connectivity index (χ0v) is 21.0. The molecular weight excluding hydrogens is 489 g/mol. The van der Waals surface area contributed by atoms with E-state index in [-0.39, 0.29) is 34.8 Å². The van der Waals surface area contributed by atoms with Crippen LogP contribution < -0.4 is 10.6 Å². The second-order valence-corrected chi connectivity index (χ2v) is 9.58. The van der Waals surface area contributed by atoms with Gasteiger partial charge in [0.15, 0.2) is 0 Å². The number of nitrogens with one attached hydrogen (secondary N) is 3. The van der Waals surface area contributed by atoms with Gasteiger partial charge in [-0.3, -0.25) is 14.4 Å². The van der Waals surface area contributed by atoms with Gasteiger partial charge in [-0.1, -0.05) is 23.2 Å². The highest BCUT2D eigenvalue weighted by atomic mass is 35.5. The van der Waals surface area contributed by atoms with Gasteiger partial charge < -0.3 is 20.5 Å². The van der Waals surface area contributed by atoms with Crippen LogP contribution in [-0.4, -0.2) is 51.7 Å². The van der Waals surface area contributed by atoms with E-state index in [0.717, 1.165) is 23.9 Å². The molecule has 2 heterocycles. The Bertz CT molecular complexity index is 1280. The van der Waals surface area contributed by atoms with Crippen molar-refractivity contribution in [3.05, 3.63) is 63.4 Å². The number of hydrogen-bond donors (Lipinski definition) is 3. The lowest BCUT2D eigenvalue weighted by atomic mass is 10.1. The number of carbonyl (C=O) groups is 3. The highest BCUT2D eigenvalue weighted by Crippen LogP contribution is 2.27. The molecule has 1 aliphatic heterocycles.